The highest BCUT2D eigenvalue weighted by Gasteiger charge is 2.18. The van der Waals surface area contributed by atoms with Gasteiger partial charge in [-0.1, -0.05) is 6.42 Å². The maximum atomic E-state index is 12.8. The number of thiazole rings is 1. The number of nitrogens with one attached hydrogen (secondary N) is 1. The van der Waals surface area contributed by atoms with Crippen LogP contribution in [-0.2, 0) is 19.4 Å². The van der Waals surface area contributed by atoms with Gasteiger partial charge in [0.05, 0.1) is 19.9 Å². The Morgan fingerprint density at radius 3 is 2.81 bits per heavy atom. The SMILES string of the molecule is COc1ccc(-c2nc(C)c(C(=O)NCCc3nnc4n3CCCCC4)s2)cc1OC. The standard InChI is InChI=1S/C22H27N5O3S/c1-14-20(31-22(24-14)15-8-9-16(29-2)17(13-15)30-3)21(28)23-11-10-19-26-25-18-7-5-4-6-12-27(18)19/h8-9,13H,4-7,10-12H2,1-3H3,(H,23,28). The van der Waals surface area contributed by atoms with E-state index in [1.165, 1.54) is 24.2 Å². The largest absolute Gasteiger partial charge is 0.493 e. The lowest BCUT2D eigenvalue weighted by Gasteiger charge is -2.08. The van der Waals surface area contributed by atoms with Crippen LogP contribution >= 0.6 is 11.3 Å². The Hall–Kier alpha value is -2.94. The van der Waals surface area contributed by atoms with Gasteiger partial charge in [-0.2, -0.15) is 0 Å². The average molecular weight is 442 g/mol. The minimum atomic E-state index is -0.114. The minimum Gasteiger partial charge on any atom is -0.493 e. The first-order valence-corrected chi connectivity index (χ1v) is 11.3. The number of methoxy groups -OCH3 is 2. The van der Waals surface area contributed by atoms with Crippen molar-refractivity contribution in [2.24, 2.45) is 0 Å². The second kappa shape index (κ2) is 9.47. The lowest BCUT2D eigenvalue weighted by Crippen LogP contribution is -2.26. The number of carbonyl (C=O) groups excluding carboxylic acids is 1. The molecule has 1 aliphatic rings. The summed E-state index contributed by atoms with van der Waals surface area (Å²) in [4.78, 5) is 18.0. The number of nitrogens with zero attached hydrogens (tertiary/aromatic N) is 4. The van der Waals surface area contributed by atoms with Crippen LogP contribution in [0, 0.1) is 6.92 Å². The first kappa shape index (κ1) is 21.3. The van der Waals surface area contributed by atoms with Crippen LogP contribution < -0.4 is 14.8 Å². The van der Waals surface area contributed by atoms with Crippen molar-refractivity contribution in [3.05, 3.63) is 40.4 Å². The molecule has 0 aliphatic carbocycles. The number of hydrogen-bond acceptors (Lipinski definition) is 7. The van der Waals surface area contributed by atoms with E-state index in [0.29, 0.717) is 35.0 Å². The zero-order chi connectivity index (χ0) is 21.8. The van der Waals surface area contributed by atoms with Crippen LogP contribution in [0.3, 0.4) is 0 Å². The molecule has 1 N–H and O–H groups in total. The van der Waals surface area contributed by atoms with Gasteiger partial charge in [0.1, 0.15) is 21.5 Å². The van der Waals surface area contributed by atoms with Crippen molar-refractivity contribution in [2.45, 2.75) is 45.6 Å². The maximum Gasteiger partial charge on any atom is 0.263 e. The summed E-state index contributed by atoms with van der Waals surface area (Å²) >= 11 is 1.37. The van der Waals surface area contributed by atoms with E-state index in [2.05, 4.69) is 25.1 Å². The molecule has 164 valence electrons. The van der Waals surface area contributed by atoms with E-state index in [-0.39, 0.29) is 5.91 Å². The predicted octanol–water partition coefficient (Wildman–Crippen LogP) is 3.43. The number of aromatic nitrogens is 4. The summed E-state index contributed by atoms with van der Waals surface area (Å²) in [5.74, 6) is 3.19. The second-order valence-electron chi connectivity index (χ2n) is 7.50. The fourth-order valence-corrected chi connectivity index (χ4v) is 4.78. The van der Waals surface area contributed by atoms with Gasteiger partial charge in [0.25, 0.3) is 5.91 Å². The molecule has 2 aromatic heterocycles. The van der Waals surface area contributed by atoms with E-state index >= 15 is 0 Å². The van der Waals surface area contributed by atoms with E-state index in [0.717, 1.165) is 41.6 Å². The number of amides is 1. The van der Waals surface area contributed by atoms with Crippen molar-refractivity contribution in [3.63, 3.8) is 0 Å². The molecule has 0 radical (unpaired) electrons. The van der Waals surface area contributed by atoms with Gasteiger partial charge < -0.3 is 19.4 Å². The van der Waals surface area contributed by atoms with Crippen molar-refractivity contribution in [1.82, 2.24) is 25.1 Å². The van der Waals surface area contributed by atoms with Crippen LogP contribution in [0.25, 0.3) is 10.6 Å². The van der Waals surface area contributed by atoms with E-state index < -0.39 is 0 Å². The van der Waals surface area contributed by atoms with E-state index in [1.807, 2.05) is 25.1 Å². The normalized spacial score (nSPS) is 13.4. The number of benzene rings is 1. The summed E-state index contributed by atoms with van der Waals surface area (Å²) in [5.41, 5.74) is 1.60. The first-order valence-electron chi connectivity index (χ1n) is 10.5. The van der Waals surface area contributed by atoms with Crippen molar-refractivity contribution < 1.29 is 14.3 Å². The molecule has 4 rings (SSSR count). The molecule has 1 aromatic carbocycles. The van der Waals surface area contributed by atoms with Gasteiger partial charge in [-0.25, -0.2) is 4.98 Å². The molecule has 0 atom stereocenters. The Morgan fingerprint density at radius 1 is 1.16 bits per heavy atom. The van der Waals surface area contributed by atoms with Gasteiger partial charge in [0.15, 0.2) is 11.5 Å². The average Bonchev–Trinajstić information content (AvgIpc) is 3.27. The van der Waals surface area contributed by atoms with Crippen LogP contribution in [0.5, 0.6) is 11.5 Å². The van der Waals surface area contributed by atoms with Gasteiger partial charge >= 0.3 is 0 Å². The summed E-state index contributed by atoms with van der Waals surface area (Å²) in [6.45, 7) is 3.34. The monoisotopic (exact) mass is 441 g/mol. The van der Waals surface area contributed by atoms with Gasteiger partial charge in [-0.05, 0) is 38.0 Å². The summed E-state index contributed by atoms with van der Waals surface area (Å²) in [6.07, 6.45) is 5.20. The van der Waals surface area contributed by atoms with Crippen molar-refractivity contribution >= 4 is 17.2 Å². The Morgan fingerprint density at radius 2 is 2.00 bits per heavy atom. The molecule has 0 fully saturated rings. The molecule has 0 unspecified atom stereocenters. The number of aryl methyl sites for hydroxylation is 2. The molecule has 0 bridgehead atoms. The Bertz CT molecular complexity index is 1080. The second-order valence-corrected chi connectivity index (χ2v) is 8.50. The third kappa shape index (κ3) is 4.56. The van der Waals surface area contributed by atoms with Crippen molar-refractivity contribution in [3.8, 4) is 22.1 Å². The molecular formula is C22H27N5O3S. The number of ether oxygens (including phenoxy) is 2. The lowest BCUT2D eigenvalue weighted by molar-refractivity contribution is 0.0957. The summed E-state index contributed by atoms with van der Waals surface area (Å²) in [7, 11) is 3.20. The molecule has 1 aliphatic heterocycles. The topological polar surface area (TPSA) is 91.2 Å². The van der Waals surface area contributed by atoms with Crippen molar-refractivity contribution in [1.29, 1.82) is 0 Å². The smallest absolute Gasteiger partial charge is 0.263 e. The maximum absolute atomic E-state index is 12.8. The van der Waals surface area contributed by atoms with Crippen LogP contribution in [0.2, 0.25) is 0 Å². The first-order chi connectivity index (χ1) is 15.1. The Balaban J connectivity index is 1.42. The quantitative estimate of drug-likeness (QED) is 0.604. The molecule has 3 heterocycles. The molecule has 9 heteroatoms. The predicted molar refractivity (Wildman–Crippen MR) is 119 cm³/mol. The molecular weight excluding hydrogens is 414 g/mol. The Labute approximate surface area is 185 Å². The van der Waals surface area contributed by atoms with Gasteiger partial charge in [0.2, 0.25) is 0 Å². The van der Waals surface area contributed by atoms with Gasteiger partial charge in [-0.3, -0.25) is 4.79 Å². The number of hydrogen-bond donors (Lipinski definition) is 1. The fraction of sp³-hybridized carbons (Fsp3) is 0.455. The van der Waals surface area contributed by atoms with E-state index in [4.69, 9.17) is 9.47 Å². The minimum absolute atomic E-state index is 0.114. The molecule has 3 aromatic rings. The third-order valence-electron chi connectivity index (χ3n) is 5.45. The van der Waals surface area contributed by atoms with E-state index in [9.17, 15) is 4.79 Å². The van der Waals surface area contributed by atoms with Gasteiger partial charge in [0, 0.05) is 31.5 Å². The molecule has 0 saturated carbocycles. The highest BCUT2D eigenvalue weighted by Crippen LogP contribution is 2.35. The lowest BCUT2D eigenvalue weighted by atomic mass is 10.2. The number of rotatable bonds is 7. The highest BCUT2D eigenvalue weighted by atomic mass is 32.1. The zero-order valence-corrected chi connectivity index (χ0v) is 18.9. The summed E-state index contributed by atoms with van der Waals surface area (Å²) in [6, 6.07) is 5.63. The Kier molecular flexibility index (Phi) is 6.50. The zero-order valence-electron chi connectivity index (χ0n) is 18.1. The third-order valence-corrected chi connectivity index (χ3v) is 6.66. The molecule has 8 nitrogen and oxygen atoms in total. The van der Waals surface area contributed by atoms with Crippen LogP contribution in [0.1, 0.15) is 46.3 Å². The molecule has 0 spiro atoms. The van der Waals surface area contributed by atoms with Crippen LogP contribution in [0.4, 0.5) is 0 Å². The highest BCUT2D eigenvalue weighted by molar-refractivity contribution is 7.17. The van der Waals surface area contributed by atoms with Gasteiger partial charge in [-0.15, -0.1) is 21.5 Å². The number of carbonyl (C=O) groups is 1. The van der Waals surface area contributed by atoms with Crippen LogP contribution in [0.15, 0.2) is 18.2 Å². The van der Waals surface area contributed by atoms with Crippen molar-refractivity contribution in [2.75, 3.05) is 20.8 Å². The summed E-state index contributed by atoms with van der Waals surface area (Å²) < 4.78 is 12.9. The summed E-state index contributed by atoms with van der Waals surface area (Å²) in [5, 5.41) is 12.4. The fourth-order valence-electron chi connectivity index (χ4n) is 3.80. The van der Waals surface area contributed by atoms with Crippen LogP contribution in [-0.4, -0.2) is 46.4 Å². The number of fused-ring (bicyclic) bond motifs is 1. The molecule has 1 amide bonds. The molecule has 0 saturated heterocycles. The van der Waals surface area contributed by atoms with E-state index in [1.54, 1.807) is 14.2 Å². The molecule has 31 heavy (non-hydrogen) atoms.